The zero-order valence-electron chi connectivity index (χ0n) is 10.5. The third-order valence-corrected chi connectivity index (χ3v) is 2.28. The average molecular weight is 243 g/mol. The van der Waals surface area contributed by atoms with Crippen molar-refractivity contribution in [2.75, 3.05) is 13.7 Å². The number of methoxy groups -OCH3 is 1. The number of carbonyl (C=O) groups excluding carboxylic acids is 1. The molecule has 0 aliphatic heterocycles. The lowest BCUT2D eigenvalue weighted by atomic mass is 10.2. The van der Waals surface area contributed by atoms with Crippen LogP contribution in [0.2, 0.25) is 0 Å². The van der Waals surface area contributed by atoms with E-state index in [0.29, 0.717) is 19.4 Å². The molecule has 1 amide bonds. The van der Waals surface area contributed by atoms with E-state index in [-0.39, 0.29) is 5.91 Å². The van der Waals surface area contributed by atoms with E-state index in [9.17, 15) is 4.79 Å². The maximum absolute atomic E-state index is 11.3. The molecule has 0 unspecified atom stereocenters. The van der Waals surface area contributed by atoms with Crippen LogP contribution >= 0.6 is 0 Å². The van der Waals surface area contributed by atoms with Gasteiger partial charge in [0.2, 0.25) is 5.91 Å². The Morgan fingerprint density at radius 3 is 3.00 bits per heavy atom. The second-order valence-electron chi connectivity index (χ2n) is 3.61. The fraction of sp³-hybridized carbons (Fsp3) is 0.267. The molecular weight excluding hydrogens is 226 g/mol. The molecule has 0 fully saturated rings. The van der Waals surface area contributed by atoms with Crippen molar-refractivity contribution in [3.05, 3.63) is 42.5 Å². The second kappa shape index (κ2) is 7.97. The Morgan fingerprint density at radius 2 is 2.28 bits per heavy atom. The molecule has 0 saturated carbocycles. The van der Waals surface area contributed by atoms with Crippen molar-refractivity contribution in [2.45, 2.75) is 12.8 Å². The minimum Gasteiger partial charge on any atom is -0.495 e. The van der Waals surface area contributed by atoms with Crippen molar-refractivity contribution in [3.63, 3.8) is 0 Å². The number of carbonyl (C=O) groups is 1. The van der Waals surface area contributed by atoms with Crippen LogP contribution in [0.5, 0.6) is 5.75 Å². The first-order valence-electron chi connectivity index (χ1n) is 5.77. The Kier molecular flexibility index (Phi) is 6.13. The van der Waals surface area contributed by atoms with E-state index < -0.39 is 0 Å². The Hall–Kier alpha value is -2.21. The normalized spacial score (nSPS) is 8.94. The van der Waals surface area contributed by atoms with E-state index in [0.717, 1.165) is 11.3 Å². The molecule has 0 aliphatic rings. The van der Waals surface area contributed by atoms with Crippen LogP contribution in [-0.4, -0.2) is 19.6 Å². The molecule has 0 saturated heterocycles. The molecule has 1 aromatic carbocycles. The standard InChI is InChI=1S/C15H17NO2/c1-3-4-11-15(17)16-12-7-9-13-8-5-6-10-14(13)18-2/h3,5-6,8,10H,1,4,11-12H2,2H3,(H,16,17). The minimum atomic E-state index is -0.00998. The molecule has 0 aliphatic carbocycles. The molecule has 1 N–H and O–H groups in total. The van der Waals surface area contributed by atoms with Crippen molar-refractivity contribution in [1.29, 1.82) is 0 Å². The molecule has 0 bridgehead atoms. The van der Waals surface area contributed by atoms with E-state index in [1.807, 2.05) is 24.3 Å². The highest BCUT2D eigenvalue weighted by Crippen LogP contribution is 2.15. The Bertz CT molecular complexity index is 469. The van der Waals surface area contributed by atoms with Gasteiger partial charge in [-0.2, -0.15) is 0 Å². The highest BCUT2D eigenvalue weighted by Gasteiger charge is 1.97. The number of amides is 1. The molecule has 3 nitrogen and oxygen atoms in total. The summed E-state index contributed by atoms with van der Waals surface area (Å²) in [7, 11) is 1.61. The van der Waals surface area contributed by atoms with Crippen molar-refractivity contribution in [3.8, 4) is 17.6 Å². The van der Waals surface area contributed by atoms with Gasteiger partial charge < -0.3 is 10.1 Å². The zero-order chi connectivity index (χ0) is 13.2. The first-order valence-corrected chi connectivity index (χ1v) is 5.77. The maximum Gasteiger partial charge on any atom is 0.221 e. The fourth-order valence-electron chi connectivity index (χ4n) is 1.35. The zero-order valence-corrected chi connectivity index (χ0v) is 10.5. The van der Waals surface area contributed by atoms with Crippen LogP contribution in [0.25, 0.3) is 0 Å². The summed E-state index contributed by atoms with van der Waals surface area (Å²) >= 11 is 0. The summed E-state index contributed by atoms with van der Waals surface area (Å²) in [5.41, 5.74) is 0.820. The van der Waals surface area contributed by atoms with E-state index in [2.05, 4.69) is 23.7 Å². The maximum atomic E-state index is 11.3. The fourth-order valence-corrected chi connectivity index (χ4v) is 1.35. The van der Waals surface area contributed by atoms with Crippen molar-refractivity contribution in [2.24, 2.45) is 0 Å². The van der Waals surface area contributed by atoms with Crippen LogP contribution in [-0.2, 0) is 4.79 Å². The Labute approximate surface area is 108 Å². The summed E-state index contributed by atoms with van der Waals surface area (Å²) in [6.07, 6.45) is 2.87. The van der Waals surface area contributed by atoms with Crippen LogP contribution in [0.3, 0.4) is 0 Å². The van der Waals surface area contributed by atoms with Crippen LogP contribution < -0.4 is 10.1 Å². The first-order chi connectivity index (χ1) is 8.77. The highest BCUT2D eigenvalue weighted by atomic mass is 16.5. The smallest absolute Gasteiger partial charge is 0.221 e. The van der Waals surface area contributed by atoms with E-state index in [4.69, 9.17) is 4.74 Å². The van der Waals surface area contributed by atoms with E-state index in [1.54, 1.807) is 13.2 Å². The summed E-state index contributed by atoms with van der Waals surface area (Å²) in [6, 6.07) is 7.52. The van der Waals surface area contributed by atoms with Crippen LogP contribution in [0.4, 0.5) is 0 Å². The second-order valence-corrected chi connectivity index (χ2v) is 3.61. The molecule has 0 spiro atoms. The summed E-state index contributed by atoms with van der Waals surface area (Å²) in [5.74, 6) is 6.59. The number of allylic oxidation sites excluding steroid dienone is 1. The van der Waals surface area contributed by atoms with Gasteiger partial charge in [0.15, 0.2) is 0 Å². The lowest BCUT2D eigenvalue weighted by Crippen LogP contribution is -2.22. The van der Waals surface area contributed by atoms with Crippen LogP contribution in [0.15, 0.2) is 36.9 Å². The Balaban J connectivity index is 2.46. The summed E-state index contributed by atoms with van der Waals surface area (Å²) < 4.78 is 5.18. The first kappa shape index (κ1) is 13.9. The number of nitrogens with one attached hydrogen (secondary N) is 1. The molecule has 3 heteroatoms. The van der Waals surface area contributed by atoms with Gasteiger partial charge in [-0.3, -0.25) is 4.79 Å². The summed E-state index contributed by atoms with van der Waals surface area (Å²) in [4.78, 5) is 11.3. The lowest BCUT2D eigenvalue weighted by Gasteiger charge is -2.01. The van der Waals surface area contributed by atoms with Crippen molar-refractivity contribution in [1.82, 2.24) is 5.32 Å². The van der Waals surface area contributed by atoms with Gasteiger partial charge in [-0.1, -0.05) is 30.0 Å². The summed E-state index contributed by atoms with van der Waals surface area (Å²) in [5, 5.41) is 2.72. The predicted molar refractivity (Wildman–Crippen MR) is 72.3 cm³/mol. The van der Waals surface area contributed by atoms with Crippen LogP contribution in [0, 0.1) is 11.8 Å². The lowest BCUT2D eigenvalue weighted by molar-refractivity contribution is -0.120. The predicted octanol–water partition coefficient (Wildman–Crippen LogP) is 2.13. The molecule has 18 heavy (non-hydrogen) atoms. The van der Waals surface area contributed by atoms with E-state index in [1.165, 1.54) is 0 Å². The minimum absolute atomic E-state index is 0.00998. The molecule has 0 heterocycles. The van der Waals surface area contributed by atoms with E-state index >= 15 is 0 Å². The molecule has 1 aromatic rings. The van der Waals surface area contributed by atoms with Crippen molar-refractivity contribution < 1.29 is 9.53 Å². The third kappa shape index (κ3) is 4.75. The largest absolute Gasteiger partial charge is 0.495 e. The number of hydrogen-bond donors (Lipinski definition) is 1. The quantitative estimate of drug-likeness (QED) is 0.635. The Morgan fingerprint density at radius 1 is 1.50 bits per heavy atom. The number of benzene rings is 1. The van der Waals surface area contributed by atoms with Gasteiger partial charge in [0.1, 0.15) is 5.75 Å². The topological polar surface area (TPSA) is 38.3 Å². The summed E-state index contributed by atoms with van der Waals surface area (Å²) in [6.45, 7) is 3.91. The van der Waals surface area contributed by atoms with Crippen LogP contribution in [0.1, 0.15) is 18.4 Å². The molecule has 1 rings (SSSR count). The van der Waals surface area contributed by atoms with Gasteiger partial charge in [-0.05, 0) is 18.6 Å². The van der Waals surface area contributed by atoms with Crippen molar-refractivity contribution >= 4 is 5.91 Å². The van der Waals surface area contributed by atoms with Gasteiger partial charge in [0, 0.05) is 6.42 Å². The SMILES string of the molecule is C=CCCC(=O)NCC#Cc1ccccc1OC. The molecule has 94 valence electrons. The molecular formula is C15H17NO2. The number of para-hydroxylation sites is 1. The molecule has 0 radical (unpaired) electrons. The monoisotopic (exact) mass is 243 g/mol. The third-order valence-electron chi connectivity index (χ3n) is 2.28. The van der Waals surface area contributed by atoms with Gasteiger partial charge >= 0.3 is 0 Å². The van der Waals surface area contributed by atoms with Gasteiger partial charge in [-0.15, -0.1) is 6.58 Å². The van der Waals surface area contributed by atoms with Gasteiger partial charge in [-0.25, -0.2) is 0 Å². The highest BCUT2D eigenvalue weighted by molar-refractivity contribution is 5.76. The van der Waals surface area contributed by atoms with Gasteiger partial charge in [0.05, 0.1) is 19.2 Å². The molecule has 0 aromatic heterocycles. The number of rotatable bonds is 5. The molecule has 0 atom stereocenters. The van der Waals surface area contributed by atoms with Gasteiger partial charge in [0.25, 0.3) is 0 Å². The number of ether oxygens (including phenoxy) is 1. The number of hydrogen-bond acceptors (Lipinski definition) is 2. The average Bonchev–Trinajstić information content (AvgIpc) is 2.41.